The third-order valence-corrected chi connectivity index (χ3v) is 4.62. The topological polar surface area (TPSA) is 74.7 Å². The maximum Gasteiger partial charge on any atom is 0.416 e. The van der Waals surface area contributed by atoms with Crippen molar-refractivity contribution in [1.29, 1.82) is 5.26 Å². The first-order chi connectivity index (χ1) is 13.1. The fraction of sp³-hybridized carbons (Fsp3) is 0.125. The fourth-order valence-corrected chi connectivity index (χ4v) is 3.48. The molecule has 1 aromatic carbocycles. The van der Waals surface area contributed by atoms with Gasteiger partial charge in [0, 0.05) is 0 Å². The van der Waals surface area contributed by atoms with E-state index < -0.39 is 11.7 Å². The van der Waals surface area contributed by atoms with Gasteiger partial charge in [-0.25, -0.2) is 9.67 Å². The molecule has 12 heteroatoms. The zero-order valence-electron chi connectivity index (χ0n) is 13.7. The Morgan fingerprint density at radius 1 is 1.25 bits per heavy atom. The van der Waals surface area contributed by atoms with Gasteiger partial charge in [0.25, 0.3) is 5.82 Å². The summed E-state index contributed by atoms with van der Waals surface area (Å²) in [4.78, 5) is 9.83. The first kappa shape index (κ1) is 20.0. The number of benzene rings is 1. The quantitative estimate of drug-likeness (QED) is 0.494. The molecule has 1 N–H and O–H groups in total. The van der Waals surface area contributed by atoms with Crippen LogP contribution < -0.4 is 0 Å². The minimum Gasteiger partial charge on any atom is -0.361 e. The van der Waals surface area contributed by atoms with Gasteiger partial charge < -0.3 is 4.85 Å². The molecule has 0 aliphatic carbocycles. The van der Waals surface area contributed by atoms with Gasteiger partial charge in [-0.2, -0.15) is 23.5 Å². The van der Waals surface area contributed by atoms with Gasteiger partial charge in [0.1, 0.15) is 22.5 Å². The summed E-state index contributed by atoms with van der Waals surface area (Å²) in [5, 5.41) is 12.5. The van der Waals surface area contributed by atoms with Crippen molar-refractivity contribution in [1.82, 2.24) is 19.7 Å². The molecule has 0 fully saturated rings. The molecule has 0 spiro atoms. The SMILES string of the molecule is [C-]#[N+]c1[nH]c(-c2c(C)nn(-c3c(Cl)cc(C(F)(F)F)cc3Cl)c2Cl)nc1C#N. The van der Waals surface area contributed by atoms with Crippen molar-refractivity contribution < 1.29 is 13.2 Å². The number of imidazole rings is 1. The molecule has 142 valence electrons. The Balaban J connectivity index is 2.20. The monoisotopic (exact) mass is 444 g/mol. The van der Waals surface area contributed by atoms with E-state index in [0.29, 0.717) is 17.8 Å². The number of nitriles is 1. The van der Waals surface area contributed by atoms with Gasteiger partial charge in [0.15, 0.2) is 5.69 Å². The third kappa shape index (κ3) is 3.29. The van der Waals surface area contributed by atoms with Gasteiger partial charge in [0.2, 0.25) is 5.82 Å². The Kier molecular flexibility index (Phi) is 5.02. The molecule has 0 unspecified atom stereocenters. The van der Waals surface area contributed by atoms with Gasteiger partial charge >= 0.3 is 6.18 Å². The Morgan fingerprint density at radius 2 is 1.86 bits per heavy atom. The van der Waals surface area contributed by atoms with E-state index in [1.54, 1.807) is 13.0 Å². The number of halogens is 6. The van der Waals surface area contributed by atoms with Crippen molar-refractivity contribution in [2.45, 2.75) is 13.1 Å². The average Bonchev–Trinajstić information content (AvgIpc) is 3.14. The zero-order valence-corrected chi connectivity index (χ0v) is 15.9. The standard InChI is InChI=1S/C16H6Cl3F3N6/c1-6-11(15-25-10(5-23)14(24-2)26-15)13(19)28(27-6)12-8(17)3-7(4-9(12)18)16(20,21)22/h3-4H,1H3,(H,25,26). The van der Waals surface area contributed by atoms with E-state index in [1.807, 2.05) is 0 Å². The second-order valence-electron chi connectivity index (χ2n) is 5.46. The van der Waals surface area contributed by atoms with Crippen LogP contribution in [-0.2, 0) is 6.18 Å². The van der Waals surface area contributed by atoms with Gasteiger partial charge in [-0.3, -0.25) is 4.98 Å². The molecule has 0 bridgehead atoms. The van der Waals surface area contributed by atoms with Gasteiger partial charge in [-0.05, 0) is 19.1 Å². The highest BCUT2D eigenvalue weighted by Crippen LogP contribution is 2.40. The van der Waals surface area contributed by atoms with Crippen LogP contribution in [0, 0.1) is 24.8 Å². The molecule has 2 aromatic heterocycles. The maximum atomic E-state index is 12.9. The average molecular weight is 446 g/mol. The highest BCUT2D eigenvalue weighted by Gasteiger charge is 2.33. The van der Waals surface area contributed by atoms with E-state index >= 15 is 0 Å². The van der Waals surface area contributed by atoms with Crippen molar-refractivity contribution in [3.63, 3.8) is 0 Å². The molecular formula is C16H6Cl3F3N6. The van der Waals surface area contributed by atoms with E-state index in [0.717, 1.165) is 4.68 Å². The van der Waals surface area contributed by atoms with Crippen molar-refractivity contribution in [2.24, 2.45) is 0 Å². The molecule has 2 heterocycles. The van der Waals surface area contributed by atoms with Crippen LogP contribution in [0.4, 0.5) is 19.0 Å². The Bertz CT molecular complexity index is 1130. The van der Waals surface area contributed by atoms with Crippen LogP contribution >= 0.6 is 34.8 Å². The lowest BCUT2D eigenvalue weighted by Gasteiger charge is -2.13. The number of aryl methyl sites for hydroxylation is 1. The predicted octanol–water partition coefficient (Wildman–Crippen LogP) is 5.97. The summed E-state index contributed by atoms with van der Waals surface area (Å²) < 4.78 is 39.9. The number of H-pyrrole nitrogens is 1. The van der Waals surface area contributed by atoms with Crippen molar-refractivity contribution >= 4 is 40.6 Å². The summed E-state index contributed by atoms with van der Waals surface area (Å²) >= 11 is 18.4. The molecule has 0 atom stereocenters. The van der Waals surface area contributed by atoms with Crippen LogP contribution in [0.25, 0.3) is 21.9 Å². The number of hydrogen-bond acceptors (Lipinski definition) is 3. The Hall–Kier alpha value is -2.72. The molecule has 0 aliphatic heterocycles. The second-order valence-corrected chi connectivity index (χ2v) is 6.63. The van der Waals surface area contributed by atoms with Crippen molar-refractivity contribution in [3.8, 4) is 23.1 Å². The molecule has 0 radical (unpaired) electrons. The lowest BCUT2D eigenvalue weighted by atomic mass is 10.2. The van der Waals surface area contributed by atoms with Crippen LogP contribution in [0.15, 0.2) is 12.1 Å². The Labute approximate surface area is 170 Å². The molecule has 0 saturated heterocycles. The summed E-state index contributed by atoms with van der Waals surface area (Å²) in [6.07, 6.45) is -4.63. The van der Waals surface area contributed by atoms with Crippen LogP contribution in [0.5, 0.6) is 0 Å². The van der Waals surface area contributed by atoms with E-state index in [2.05, 4.69) is 19.9 Å². The first-order valence-corrected chi connectivity index (χ1v) is 8.41. The minimum atomic E-state index is -4.63. The molecule has 28 heavy (non-hydrogen) atoms. The molecule has 3 rings (SSSR count). The van der Waals surface area contributed by atoms with E-state index in [-0.39, 0.29) is 43.8 Å². The van der Waals surface area contributed by atoms with Crippen LogP contribution in [0.3, 0.4) is 0 Å². The molecule has 0 saturated carbocycles. The first-order valence-electron chi connectivity index (χ1n) is 7.28. The highest BCUT2D eigenvalue weighted by molar-refractivity contribution is 6.38. The maximum absolute atomic E-state index is 12.9. The Morgan fingerprint density at radius 3 is 2.32 bits per heavy atom. The summed E-state index contributed by atoms with van der Waals surface area (Å²) in [5.41, 5.74) is -0.614. The number of aromatic amines is 1. The van der Waals surface area contributed by atoms with E-state index in [1.165, 1.54) is 0 Å². The molecule has 6 nitrogen and oxygen atoms in total. The van der Waals surface area contributed by atoms with Crippen molar-refractivity contribution in [3.05, 3.63) is 55.7 Å². The fourth-order valence-electron chi connectivity index (χ4n) is 2.49. The molecule has 3 aromatic rings. The highest BCUT2D eigenvalue weighted by atomic mass is 35.5. The number of aromatic nitrogens is 4. The largest absolute Gasteiger partial charge is 0.416 e. The summed E-state index contributed by atoms with van der Waals surface area (Å²) in [7, 11) is 0. The van der Waals surface area contributed by atoms with Crippen molar-refractivity contribution in [2.75, 3.05) is 0 Å². The van der Waals surface area contributed by atoms with Crippen LogP contribution in [-0.4, -0.2) is 19.7 Å². The molecular weight excluding hydrogens is 440 g/mol. The minimum absolute atomic E-state index is 0.0480. The summed E-state index contributed by atoms with van der Waals surface area (Å²) in [6, 6.07) is 3.21. The lowest BCUT2D eigenvalue weighted by Crippen LogP contribution is -2.07. The predicted molar refractivity (Wildman–Crippen MR) is 96.9 cm³/mol. The number of alkyl halides is 3. The number of nitrogens with zero attached hydrogens (tertiary/aromatic N) is 5. The lowest BCUT2D eigenvalue weighted by molar-refractivity contribution is -0.137. The van der Waals surface area contributed by atoms with Crippen LogP contribution in [0.1, 0.15) is 17.0 Å². The van der Waals surface area contributed by atoms with E-state index in [4.69, 9.17) is 46.6 Å². The van der Waals surface area contributed by atoms with Crippen LogP contribution in [0.2, 0.25) is 15.2 Å². The smallest absolute Gasteiger partial charge is 0.361 e. The molecule has 0 aliphatic rings. The molecule has 0 amide bonds. The third-order valence-electron chi connectivity index (χ3n) is 3.70. The number of rotatable bonds is 2. The summed E-state index contributed by atoms with van der Waals surface area (Å²) in [6.45, 7) is 8.62. The summed E-state index contributed by atoms with van der Waals surface area (Å²) in [5.74, 6) is 0.0294. The van der Waals surface area contributed by atoms with Gasteiger partial charge in [-0.1, -0.05) is 41.4 Å². The zero-order chi connectivity index (χ0) is 20.8. The second kappa shape index (κ2) is 7.02. The van der Waals surface area contributed by atoms with Gasteiger partial charge in [0.05, 0.1) is 21.3 Å². The van der Waals surface area contributed by atoms with E-state index in [9.17, 15) is 13.2 Å². The number of nitrogens with one attached hydrogen (secondary N) is 1. The normalized spacial score (nSPS) is 11.3. The number of hydrogen-bond donors (Lipinski definition) is 1. The van der Waals surface area contributed by atoms with Gasteiger partial charge in [-0.15, -0.1) is 0 Å².